The van der Waals surface area contributed by atoms with Crippen molar-refractivity contribution in [3.05, 3.63) is 48.0 Å². The number of ether oxygens (including phenoxy) is 2. The van der Waals surface area contributed by atoms with Gasteiger partial charge < -0.3 is 15.2 Å². The van der Waals surface area contributed by atoms with E-state index in [4.69, 9.17) is 26.8 Å². The van der Waals surface area contributed by atoms with Gasteiger partial charge in [-0.3, -0.25) is 4.79 Å². The smallest absolute Gasteiger partial charge is 0.162 e. The molecule has 0 aromatic heterocycles. The van der Waals surface area contributed by atoms with E-state index < -0.39 is 0 Å². The van der Waals surface area contributed by atoms with Gasteiger partial charge in [-0.1, -0.05) is 18.0 Å². The van der Waals surface area contributed by atoms with Crippen LogP contribution < -0.4 is 5.73 Å². The Morgan fingerprint density at radius 1 is 1.08 bits per heavy atom. The molecule has 0 amide bonds. The van der Waals surface area contributed by atoms with Crippen LogP contribution in [0.1, 0.15) is 56.8 Å². The monoisotopic (exact) mass is 371 g/mol. The van der Waals surface area contributed by atoms with Gasteiger partial charge in [0.05, 0.1) is 0 Å². The Morgan fingerprint density at radius 3 is 2.04 bits per heavy atom. The number of benzene rings is 1. The van der Waals surface area contributed by atoms with Crippen molar-refractivity contribution in [2.75, 3.05) is 19.8 Å². The van der Waals surface area contributed by atoms with Crippen LogP contribution in [0.25, 0.3) is 0 Å². The first-order chi connectivity index (χ1) is 12.0. The van der Waals surface area contributed by atoms with Gasteiger partial charge in [0.15, 0.2) is 12.1 Å². The lowest BCUT2D eigenvalue weighted by molar-refractivity contribution is -0.123. The summed E-state index contributed by atoms with van der Waals surface area (Å²) in [6.45, 7) is 14.0. The maximum Gasteiger partial charge on any atom is 0.162 e. The van der Waals surface area contributed by atoms with Gasteiger partial charge in [0.2, 0.25) is 0 Å². The molecule has 0 atom stereocenters. The standard InChI is InChI=1S/C12H16ClNO.C6H14O2.C2H4/c13-11-7-5-10(6-8-11)12(15)4-2-1-3-9-14;1-4-7-6(3)8-5-2;1-2/h5-8H,1-4,9,14H2;6H,4-5H2,1-3H3;1-2H2. The van der Waals surface area contributed by atoms with E-state index in [0.717, 1.165) is 38.0 Å². The van der Waals surface area contributed by atoms with E-state index in [2.05, 4.69) is 13.2 Å². The van der Waals surface area contributed by atoms with Gasteiger partial charge in [0, 0.05) is 30.2 Å². The zero-order chi connectivity index (χ0) is 19.5. The van der Waals surface area contributed by atoms with Crippen LogP contribution >= 0.6 is 11.6 Å². The highest BCUT2D eigenvalue weighted by Crippen LogP contribution is 2.12. The summed E-state index contributed by atoms with van der Waals surface area (Å²) in [7, 11) is 0. The quantitative estimate of drug-likeness (QED) is 0.264. The number of carbonyl (C=O) groups is 1. The molecule has 0 radical (unpaired) electrons. The van der Waals surface area contributed by atoms with Crippen molar-refractivity contribution in [3.63, 3.8) is 0 Å². The summed E-state index contributed by atoms with van der Waals surface area (Å²) >= 11 is 5.74. The van der Waals surface area contributed by atoms with Crippen molar-refractivity contribution in [2.24, 2.45) is 5.73 Å². The second-order valence-electron chi connectivity index (χ2n) is 5.01. The number of unbranched alkanes of at least 4 members (excludes halogenated alkanes) is 2. The van der Waals surface area contributed by atoms with Gasteiger partial charge >= 0.3 is 0 Å². The van der Waals surface area contributed by atoms with Crippen LogP contribution in [-0.4, -0.2) is 31.8 Å². The molecule has 5 heteroatoms. The van der Waals surface area contributed by atoms with E-state index in [1.165, 1.54) is 0 Å². The fourth-order valence-corrected chi connectivity index (χ4v) is 2.03. The second-order valence-corrected chi connectivity index (χ2v) is 5.44. The molecule has 144 valence electrons. The average molecular weight is 372 g/mol. The first kappa shape index (κ1) is 26.0. The van der Waals surface area contributed by atoms with Crippen molar-refractivity contribution >= 4 is 17.4 Å². The van der Waals surface area contributed by atoms with E-state index in [1.54, 1.807) is 24.3 Å². The molecule has 0 aliphatic heterocycles. The van der Waals surface area contributed by atoms with Gasteiger partial charge in [0.25, 0.3) is 0 Å². The Hall–Kier alpha value is -1.20. The molecule has 0 saturated carbocycles. The normalized spacial score (nSPS) is 9.68. The van der Waals surface area contributed by atoms with Crippen molar-refractivity contribution in [1.29, 1.82) is 0 Å². The van der Waals surface area contributed by atoms with E-state index in [9.17, 15) is 4.79 Å². The van der Waals surface area contributed by atoms with Crippen molar-refractivity contribution in [2.45, 2.75) is 52.7 Å². The van der Waals surface area contributed by atoms with E-state index in [1.807, 2.05) is 20.8 Å². The molecule has 0 spiro atoms. The molecule has 0 unspecified atom stereocenters. The highest BCUT2D eigenvalue weighted by Gasteiger charge is 2.04. The molecular formula is C20H34ClNO3. The minimum absolute atomic E-state index is 0.0370. The molecule has 0 aliphatic rings. The second kappa shape index (κ2) is 19.1. The van der Waals surface area contributed by atoms with E-state index >= 15 is 0 Å². The molecular weight excluding hydrogens is 338 g/mol. The van der Waals surface area contributed by atoms with Crippen molar-refractivity contribution in [3.8, 4) is 0 Å². The minimum Gasteiger partial charge on any atom is -0.353 e. The minimum atomic E-state index is -0.0370. The zero-order valence-electron chi connectivity index (χ0n) is 15.9. The van der Waals surface area contributed by atoms with Gasteiger partial charge in [-0.2, -0.15) is 0 Å². The first-order valence-electron chi connectivity index (χ1n) is 8.77. The third-order valence-corrected chi connectivity index (χ3v) is 3.33. The molecule has 0 fully saturated rings. The number of carbonyl (C=O) groups excluding carboxylic acids is 1. The van der Waals surface area contributed by atoms with Gasteiger partial charge in [0.1, 0.15) is 0 Å². The Bertz CT molecular complexity index is 417. The van der Waals surface area contributed by atoms with Crippen LogP contribution in [0.3, 0.4) is 0 Å². The van der Waals surface area contributed by atoms with Crippen LogP contribution in [0.4, 0.5) is 0 Å². The molecule has 4 nitrogen and oxygen atoms in total. The molecule has 0 heterocycles. The average Bonchev–Trinajstić information content (AvgIpc) is 2.62. The molecule has 1 rings (SSSR count). The Labute approximate surface area is 158 Å². The maximum absolute atomic E-state index is 11.6. The molecule has 0 saturated heterocycles. The Kier molecular flexibility index (Phi) is 19.9. The fourth-order valence-electron chi connectivity index (χ4n) is 1.90. The number of rotatable bonds is 10. The summed E-state index contributed by atoms with van der Waals surface area (Å²) in [5.74, 6) is 0.184. The van der Waals surface area contributed by atoms with E-state index in [0.29, 0.717) is 18.0 Å². The summed E-state index contributed by atoms with van der Waals surface area (Å²) in [5, 5.41) is 0.662. The lowest BCUT2D eigenvalue weighted by Gasteiger charge is -2.09. The Morgan fingerprint density at radius 2 is 1.60 bits per heavy atom. The molecule has 1 aromatic carbocycles. The lowest BCUT2D eigenvalue weighted by Crippen LogP contribution is -2.11. The number of nitrogens with two attached hydrogens (primary N) is 1. The summed E-state index contributed by atoms with van der Waals surface area (Å²) < 4.78 is 10.1. The molecule has 0 bridgehead atoms. The highest BCUT2D eigenvalue weighted by molar-refractivity contribution is 6.30. The van der Waals surface area contributed by atoms with Gasteiger partial charge in [-0.25, -0.2) is 0 Å². The third-order valence-electron chi connectivity index (χ3n) is 3.08. The highest BCUT2D eigenvalue weighted by atomic mass is 35.5. The summed E-state index contributed by atoms with van der Waals surface area (Å²) in [4.78, 5) is 11.6. The topological polar surface area (TPSA) is 61.6 Å². The number of hydrogen-bond donors (Lipinski definition) is 1. The van der Waals surface area contributed by atoms with Crippen LogP contribution in [0.2, 0.25) is 5.02 Å². The fraction of sp³-hybridized carbons (Fsp3) is 0.550. The maximum atomic E-state index is 11.6. The molecule has 0 aliphatic carbocycles. The van der Waals surface area contributed by atoms with Crippen LogP contribution in [0.15, 0.2) is 37.4 Å². The largest absolute Gasteiger partial charge is 0.353 e. The lowest BCUT2D eigenvalue weighted by atomic mass is 10.0. The van der Waals surface area contributed by atoms with Crippen molar-refractivity contribution < 1.29 is 14.3 Å². The SMILES string of the molecule is C=C.CCOC(C)OCC.NCCCCCC(=O)c1ccc(Cl)cc1. The molecule has 25 heavy (non-hydrogen) atoms. The summed E-state index contributed by atoms with van der Waals surface area (Å²) in [5.41, 5.74) is 6.12. The number of hydrogen-bond acceptors (Lipinski definition) is 4. The summed E-state index contributed by atoms with van der Waals surface area (Å²) in [6, 6.07) is 7.03. The van der Waals surface area contributed by atoms with Gasteiger partial charge in [-0.05, 0) is 64.4 Å². The zero-order valence-corrected chi connectivity index (χ0v) is 16.7. The van der Waals surface area contributed by atoms with Crippen LogP contribution in [0, 0.1) is 0 Å². The van der Waals surface area contributed by atoms with Gasteiger partial charge in [-0.15, -0.1) is 13.2 Å². The third kappa shape index (κ3) is 16.0. The van der Waals surface area contributed by atoms with E-state index in [-0.39, 0.29) is 12.1 Å². The first-order valence-corrected chi connectivity index (χ1v) is 9.14. The number of ketones is 1. The predicted molar refractivity (Wildman–Crippen MR) is 107 cm³/mol. The molecule has 1 aromatic rings. The Balaban J connectivity index is 0. The van der Waals surface area contributed by atoms with Crippen molar-refractivity contribution in [1.82, 2.24) is 0 Å². The number of Topliss-reactive ketones (excluding diaryl/α,β-unsaturated/α-hetero) is 1. The van der Waals surface area contributed by atoms with Crippen LogP contribution in [0.5, 0.6) is 0 Å². The summed E-state index contributed by atoms with van der Waals surface area (Å²) in [6.07, 6.45) is 3.49. The predicted octanol–water partition coefficient (Wildman–Crippen LogP) is 5.25. The number of halogens is 1. The van der Waals surface area contributed by atoms with Crippen LogP contribution in [-0.2, 0) is 9.47 Å². The molecule has 2 N–H and O–H groups in total.